The zero-order chi connectivity index (χ0) is 24.6. The molecule has 0 aliphatic rings. The lowest BCUT2D eigenvalue weighted by molar-refractivity contribution is -0.121. The molecule has 0 fully saturated rings. The van der Waals surface area contributed by atoms with Gasteiger partial charge in [-0.2, -0.15) is 0 Å². The third-order valence-corrected chi connectivity index (χ3v) is 7.21. The fraction of sp³-hybridized carbons (Fsp3) is 0.955. The number of hydrogen-bond acceptors (Lipinski definition) is 10. The second-order valence-corrected chi connectivity index (χ2v) is 9.73. The molecule has 1 unspecified atom stereocenters. The van der Waals surface area contributed by atoms with E-state index in [1.54, 1.807) is 21.3 Å². The van der Waals surface area contributed by atoms with Gasteiger partial charge in [0.1, 0.15) is 0 Å². The number of methoxy groups -OCH3 is 3. The Bertz CT molecular complexity index is 425. The summed E-state index contributed by atoms with van der Waals surface area (Å²) in [5, 5.41) is -0.134. The van der Waals surface area contributed by atoms with Crippen LogP contribution in [0.4, 0.5) is 0 Å². The van der Waals surface area contributed by atoms with Gasteiger partial charge in [0.15, 0.2) is 0 Å². The monoisotopic (exact) mass is 498 g/mol. The van der Waals surface area contributed by atoms with E-state index in [4.69, 9.17) is 41.7 Å². The zero-order valence-electron chi connectivity index (χ0n) is 21.3. The van der Waals surface area contributed by atoms with E-state index in [0.29, 0.717) is 59.3 Å². The van der Waals surface area contributed by atoms with Crippen molar-refractivity contribution in [3.63, 3.8) is 0 Å². The van der Waals surface area contributed by atoms with Crippen LogP contribution >= 0.6 is 0 Å². The maximum Gasteiger partial charge on any atom is 0.575 e. The van der Waals surface area contributed by atoms with E-state index in [1.807, 2.05) is 13.8 Å². The molecule has 198 valence electrons. The van der Waals surface area contributed by atoms with Crippen molar-refractivity contribution in [2.75, 3.05) is 94.0 Å². The largest absolute Gasteiger partial charge is 0.575 e. The van der Waals surface area contributed by atoms with Crippen LogP contribution in [0.1, 0.15) is 39.5 Å². The summed E-state index contributed by atoms with van der Waals surface area (Å²) in [4.78, 5) is 13.2. The van der Waals surface area contributed by atoms with Crippen LogP contribution in [0.25, 0.3) is 0 Å². The second kappa shape index (κ2) is 23.3. The molecule has 0 bridgehead atoms. The lowest BCUT2D eigenvalue weighted by atomic mass is 10.3. The van der Waals surface area contributed by atoms with Crippen LogP contribution in [-0.4, -0.2) is 114 Å². The Labute approximate surface area is 200 Å². The summed E-state index contributed by atoms with van der Waals surface area (Å²) in [6.07, 6.45) is 2.47. The number of carbonyl (C=O) groups is 1. The first-order valence-corrected chi connectivity index (χ1v) is 13.5. The first kappa shape index (κ1) is 32.5. The molecule has 33 heavy (non-hydrogen) atoms. The van der Waals surface area contributed by atoms with Crippen molar-refractivity contribution < 1.29 is 46.5 Å². The third kappa shape index (κ3) is 16.7. The highest BCUT2D eigenvalue weighted by molar-refractivity contribution is 6.92. The van der Waals surface area contributed by atoms with E-state index >= 15 is 0 Å². The van der Waals surface area contributed by atoms with Crippen LogP contribution < -0.4 is 0 Å². The summed E-state index contributed by atoms with van der Waals surface area (Å²) in [5.74, 6) is 0. The third-order valence-electron chi connectivity index (χ3n) is 4.56. The molecule has 1 atom stereocenters. The lowest BCUT2D eigenvalue weighted by Crippen LogP contribution is -2.56. The minimum absolute atomic E-state index is 0.134. The van der Waals surface area contributed by atoms with Gasteiger partial charge in [-0.15, -0.1) is 0 Å². The first-order chi connectivity index (χ1) is 16.1. The van der Waals surface area contributed by atoms with Crippen LogP contribution in [-0.2, 0) is 46.5 Å². The SMILES string of the molecule is CCCCC(=O)[Si](OCCOCCOC)(OCCOCCOC)OCC(CC)OCCOC. The molecular formula is C22H46O10Si. The van der Waals surface area contributed by atoms with Gasteiger partial charge in [0.2, 0.25) is 5.41 Å². The number of ether oxygens (including phenoxy) is 6. The molecule has 0 aromatic heterocycles. The average Bonchev–Trinajstić information content (AvgIpc) is 2.83. The summed E-state index contributed by atoms with van der Waals surface area (Å²) >= 11 is 0. The molecule has 0 aromatic rings. The Morgan fingerprint density at radius 2 is 1.21 bits per heavy atom. The van der Waals surface area contributed by atoms with Gasteiger partial charge in [-0.3, -0.25) is 4.79 Å². The predicted molar refractivity (Wildman–Crippen MR) is 125 cm³/mol. The van der Waals surface area contributed by atoms with Crippen LogP contribution in [0, 0.1) is 0 Å². The molecule has 0 aliphatic carbocycles. The molecular weight excluding hydrogens is 452 g/mol. The highest BCUT2D eigenvalue weighted by atomic mass is 28.4. The van der Waals surface area contributed by atoms with Gasteiger partial charge >= 0.3 is 8.80 Å². The van der Waals surface area contributed by atoms with E-state index in [-0.39, 0.29) is 31.3 Å². The maximum absolute atomic E-state index is 13.2. The molecule has 0 rings (SSSR count). The Kier molecular flexibility index (Phi) is 22.9. The van der Waals surface area contributed by atoms with Crippen molar-refractivity contribution in [2.24, 2.45) is 0 Å². The fourth-order valence-electron chi connectivity index (χ4n) is 2.60. The smallest absolute Gasteiger partial charge is 0.382 e. The van der Waals surface area contributed by atoms with Crippen LogP contribution in [0.5, 0.6) is 0 Å². The maximum atomic E-state index is 13.2. The summed E-state index contributed by atoms with van der Waals surface area (Å²) in [6.45, 7) is 7.98. The predicted octanol–water partition coefficient (Wildman–Crippen LogP) is 2.04. The van der Waals surface area contributed by atoms with Crippen molar-refractivity contribution in [2.45, 2.75) is 45.6 Å². The van der Waals surface area contributed by atoms with Gasteiger partial charge in [0.25, 0.3) is 0 Å². The minimum atomic E-state index is -3.67. The van der Waals surface area contributed by atoms with Gasteiger partial charge in [0, 0.05) is 27.8 Å². The molecule has 0 heterocycles. The molecule has 0 saturated carbocycles. The van der Waals surface area contributed by atoms with E-state index in [2.05, 4.69) is 0 Å². The minimum Gasteiger partial charge on any atom is -0.382 e. The molecule has 0 saturated heterocycles. The topological polar surface area (TPSA) is 100 Å². The summed E-state index contributed by atoms with van der Waals surface area (Å²) in [7, 11) is 1.17. The quantitative estimate of drug-likeness (QED) is 0.130. The van der Waals surface area contributed by atoms with Gasteiger partial charge in [-0.25, -0.2) is 0 Å². The lowest BCUT2D eigenvalue weighted by Gasteiger charge is -2.30. The number of unbranched alkanes of at least 4 members (excludes halogenated alkanes) is 1. The average molecular weight is 499 g/mol. The number of carbonyl (C=O) groups excluding carboxylic acids is 1. The first-order valence-electron chi connectivity index (χ1n) is 11.8. The Hall–Kier alpha value is -0.473. The zero-order valence-corrected chi connectivity index (χ0v) is 22.3. The Morgan fingerprint density at radius 1 is 0.697 bits per heavy atom. The second-order valence-electron chi connectivity index (χ2n) is 7.20. The molecule has 0 N–H and O–H groups in total. The van der Waals surface area contributed by atoms with Gasteiger partial charge in [0.05, 0.1) is 78.8 Å². The van der Waals surface area contributed by atoms with Crippen molar-refractivity contribution in [3.05, 3.63) is 0 Å². The number of hydrogen-bond donors (Lipinski definition) is 0. The van der Waals surface area contributed by atoms with Crippen molar-refractivity contribution in [3.8, 4) is 0 Å². The molecule has 10 nitrogen and oxygen atoms in total. The molecule has 0 aromatic carbocycles. The molecule has 0 aliphatic heterocycles. The molecule has 0 radical (unpaired) electrons. The van der Waals surface area contributed by atoms with E-state index < -0.39 is 8.80 Å². The van der Waals surface area contributed by atoms with Gasteiger partial charge in [-0.05, 0) is 12.8 Å². The summed E-state index contributed by atoms with van der Waals surface area (Å²) < 4.78 is 50.0. The van der Waals surface area contributed by atoms with Crippen LogP contribution in [0.2, 0.25) is 0 Å². The van der Waals surface area contributed by atoms with Gasteiger partial charge < -0.3 is 41.7 Å². The van der Waals surface area contributed by atoms with E-state index in [1.165, 1.54) is 0 Å². The van der Waals surface area contributed by atoms with Crippen LogP contribution in [0.15, 0.2) is 0 Å². The fourth-order valence-corrected chi connectivity index (χ4v) is 4.93. The Balaban J connectivity index is 5.17. The summed E-state index contributed by atoms with van der Waals surface area (Å²) in [5.41, 5.74) is 0. The van der Waals surface area contributed by atoms with E-state index in [9.17, 15) is 4.79 Å². The molecule has 0 amide bonds. The van der Waals surface area contributed by atoms with Crippen molar-refractivity contribution in [1.29, 1.82) is 0 Å². The summed E-state index contributed by atoms with van der Waals surface area (Å²) in [6, 6.07) is 0. The highest BCUT2D eigenvalue weighted by Crippen LogP contribution is 2.17. The standard InChI is InChI=1S/C22H46O10Si/c1-6-8-9-22(23)33(30-18-15-27-13-10-24-3,31-19-16-28-14-11-25-4)32-20-21(7-2)29-17-12-26-5/h21H,6-20H2,1-5H3. The number of rotatable bonds is 26. The molecule has 11 heteroatoms. The van der Waals surface area contributed by atoms with Crippen LogP contribution in [0.3, 0.4) is 0 Å². The normalized spacial score (nSPS) is 12.9. The van der Waals surface area contributed by atoms with Crippen molar-refractivity contribution in [1.82, 2.24) is 0 Å². The van der Waals surface area contributed by atoms with Gasteiger partial charge in [-0.1, -0.05) is 20.3 Å². The van der Waals surface area contributed by atoms with Crippen molar-refractivity contribution >= 4 is 14.2 Å². The van der Waals surface area contributed by atoms with E-state index in [0.717, 1.165) is 19.3 Å². The highest BCUT2D eigenvalue weighted by Gasteiger charge is 2.50. The molecule has 0 spiro atoms. The Morgan fingerprint density at radius 3 is 1.70 bits per heavy atom.